The number of benzene rings is 2. The summed E-state index contributed by atoms with van der Waals surface area (Å²) in [5.41, 5.74) is 3.07. The van der Waals surface area contributed by atoms with Crippen LogP contribution in [0.1, 0.15) is 34.2 Å². The first-order chi connectivity index (χ1) is 14.5. The summed E-state index contributed by atoms with van der Waals surface area (Å²) in [5.74, 6) is -0.415. The Morgan fingerprint density at radius 2 is 1.83 bits per heavy atom. The first-order valence-corrected chi connectivity index (χ1v) is 9.54. The molecule has 0 radical (unpaired) electrons. The summed E-state index contributed by atoms with van der Waals surface area (Å²) in [6.45, 7) is 3.81. The number of aromatic nitrogens is 4. The van der Waals surface area contributed by atoms with E-state index in [0.717, 1.165) is 0 Å². The van der Waals surface area contributed by atoms with Crippen LogP contribution in [-0.2, 0) is 11.2 Å². The highest BCUT2D eigenvalue weighted by molar-refractivity contribution is 5.89. The third-order valence-electron chi connectivity index (χ3n) is 4.84. The number of carbonyl (C=O) groups excluding carboxylic acids is 1. The molecular formula is C22H20N4O4. The average Bonchev–Trinajstić information content (AvgIpc) is 3.03. The van der Waals surface area contributed by atoms with Crippen molar-refractivity contribution in [2.75, 3.05) is 6.61 Å². The van der Waals surface area contributed by atoms with E-state index in [0.29, 0.717) is 40.1 Å². The number of aromatic amines is 2. The topological polar surface area (TPSA) is 110 Å². The first-order valence-electron chi connectivity index (χ1n) is 9.54. The minimum atomic E-state index is -0.415. The molecule has 8 heteroatoms. The molecule has 0 fully saturated rings. The lowest BCUT2D eigenvalue weighted by atomic mass is 10.1. The van der Waals surface area contributed by atoms with E-state index in [1.165, 1.54) is 4.68 Å². The van der Waals surface area contributed by atoms with Crippen molar-refractivity contribution < 1.29 is 9.53 Å². The molecule has 8 nitrogen and oxygen atoms in total. The van der Waals surface area contributed by atoms with Crippen molar-refractivity contribution in [3.63, 3.8) is 0 Å². The van der Waals surface area contributed by atoms with E-state index in [9.17, 15) is 14.4 Å². The molecule has 30 heavy (non-hydrogen) atoms. The molecule has 0 amide bonds. The number of hydrogen-bond donors (Lipinski definition) is 2. The Bertz CT molecular complexity index is 1350. The number of fused-ring (bicyclic) bond motifs is 1. The van der Waals surface area contributed by atoms with Crippen LogP contribution in [-0.4, -0.2) is 32.3 Å². The number of aryl methyl sites for hydroxylation is 1. The molecule has 0 aliphatic rings. The number of rotatable bonds is 5. The number of nitrogens with one attached hydrogen (secondary N) is 2. The zero-order valence-corrected chi connectivity index (χ0v) is 16.6. The van der Waals surface area contributed by atoms with Crippen LogP contribution in [0.25, 0.3) is 16.7 Å². The predicted molar refractivity (Wildman–Crippen MR) is 112 cm³/mol. The fourth-order valence-corrected chi connectivity index (χ4v) is 3.29. The summed E-state index contributed by atoms with van der Waals surface area (Å²) < 4.78 is 6.36. The van der Waals surface area contributed by atoms with E-state index >= 15 is 0 Å². The smallest absolute Gasteiger partial charge is 0.338 e. The molecule has 4 rings (SSSR count). The van der Waals surface area contributed by atoms with Gasteiger partial charge in [0, 0.05) is 17.7 Å². The lowest BCUT2D eigenvalue weighted by molar-refractivity contribution is 0.0526. The Kier molecular flexibility index (Phi) is 5.05. The van der Waals surface area contributed by atoms with Crippen LogP contribution < -0.4 is 11.1 Å². The molecule has 0 unspecified atom stereocenters. The number of carbonyl (C=O) groups is 1. The Hall–Kier alpha value is -3.94. The van der Waals surface area contributed by atoms with Crippen molar-refractivity contribution in [1.29, 1.82) is 0 Å². The minimum absolute atomic E-state index is 0.106. The lowest BCUT2D eigenvalue weighted by Gasteiger charge is -2.04. The second-order valence-corrected chi connectivity index (χ2v) is 6.83. The highest BCUT2D eigenvalue weighted by atomic mass is 16.5. The summed E-state index contributed by atoms with van der Waals surface area (Å²) in [6, 6.07) is 13.8. The molecule has 2 aromatic heterocycles. The number of ether oxygens (including phenoxy) is 1. The van der Waals surface area contributed by atoms with Gasteiger partial charge in [-0.2, -0.15) is 0 Å². The number of H-pyrrole nitrogens is 2. The van der Waals surface area contributed by atoms with Crippen molar-refractivity contribution in [3.05, 3.63) is 91.8 Å². The zero-order chi connectivity index (χ0) is 21.3. The van der Waals surface area contributed by atoms with Gasteiger partial charge in [-0.05, 0) is 50.2 Å². The molecular weight excluding hydrogens is 384 g/mol. The number of esters is 1. The van der Waals surface area contributed by atoms with Gasteiger partial charge in [-0.25, -0.2) is 14.5 Å². The van der Waals surface area contributed by atoms with Crippen LogP contribution in [0.3, 0.4) is 0 Å². The second-order valence-electron chi connectivity index (χ2n) is 6.83. The standard InChI is InChI=1S/C22H20N4O4/c1-3-30-22(29)14-8-10-15(11-9-14)26-21(28)16(13(2)25-26)12-19-20(27)24-18-7-5-4-6-17(18)23-19/h4-11,25H,3,12H2,1-2H3,(H,24,27). The molecule has 0 saturated heterocycles. The number of para-hydroxylation sites is 2. The van der Waals surface area contributed by atoms with E-state index < -0.39 is 5.97 Å². The van der Waals surface area contributed by atoms with Crippen LogP contribution in [0.4, 0.5) is 0 Å². The van der Waals surface area contributed by atoms with Gasteiger partial charge in [0.2, 0.25) is 0 Å². The largest absolute Gasteiger partial charge is 0.462 e. The van der Waals surface area contributed by atoms with Gasteiger partial charge >= 0.3 is 5.97 Å². The van der Waals surface area contributed by atoms with Crippen molar-refractivity contribution in [2.45, 2.75) is 20.3 Å². The van der Waals surface area contributed by atoms with Crippen LogP contribution in [0, 0.1) is 6.92 Å². The first kappa shape index (κ1) is 19.4. The lowest BCUT2D eigenvalue weighted by Crippen LogP contribution is -2.21. The summed E-state index contributed by atoms with van der Waals surface area (Å²) in [4.78, 5) is 44.4. The molecule has 0 atom stereocenters. The number of hydrogen-bond acceptors (Lipinski definition) is 5. The molecule has 0 bridgehead atoms. The Balaban J connectivity index is 1.68. The highest BCUT2D eigenvalue weighted by Gasteiger charge is 2.16. The molecule has 4 aromatic rings. The normalized spacial score (nSPS) is 11.0. The summed E-state index contributed by atoms with van der Waals surface area (Å²) in [5, 5.41) is 3.03. The quantitative estimate of drug-likeness (QED) is 0.497. The van der Waals surface area contributed by atoms with Gasteiger partial charge in [0.15, 0.2) is 0 Å². The van der Waals surface area contributed by atoms with Crippen LogP contribution in [0.5, 0.6) is 0 Å². The maximum Gasteiger partial charge on any atom is 0.338 e. The van der Waals surface area contributed by atoms with Gasteiger partial charge in [0.25, 0.3) is 11.1 Å². The Labute approximate surface area is 171 Å². The van der Waals surface area contributed by atoms with E-state index in [1.54, 1.807) is 44.2 Å². The average molecular weight is 404 g/mol. The highest BCUT2D eigenvalue weighted by Crippen LogP contribution is 2.13. The fourth-order valence-electron chi connectivity index (χ4n) is 3.29. The third-order valence-corrected chi connectivity index (χ3v) is 4.84. The van der Waals surface area contributed by atoms with Crippen molar-refractivity contribution in [3.8, 4) is 5.69 Å². The summed E-state index contributed by atoms with van der Waals surface area (Å²) in [7, 11) is 0. The Morgan fingerprint density at radius 1 is 1.10 bits per heavy atom. The van der Waals surface area contributed by atoms with Crippen molar-refractivity contribution in [1.82, 2.24) is 19.7 Å². The zero-order valence-electron chi connectivity index (χ0n) is 16.6. The molecule has 0 saturated carbocycles. The summed E-state index contributed by atoms with van der Waals surface area (Å²) >= 11 is 0. The monoisotopic (exact) mass is 404 g/mol. The molecule has 2 N–H and O–H groups in total. The van der Waals surface area contributed by atoms with Crippen LogP contribution >= 0.6 is 0 Å². The van der Waals surface area contributed by atoms with Gasteiger partial charge in [-0.15, -0.1) is 0 Å². The molecule has 0 spiro atoms. The van der Waals surface area contributed by atoms with E-state index in [4.69, 9.17) is 4.74 Å². The van der Waals surface area contributed by atoms with Crippen LogP contribution in [0.15, 0.2) is 58.1 Å². The van der Waals surface area contributed by atoms with Gasteiger partial charge < -0.3 is 9.72 Å². The van der Waals surface area contributed by atoms with Crippen molar-refractivity contribution >= 4 is 17.0 Å². The van der Waals surface area contributed by atoms with Crippen LogP contribution in [0.2, 0.25) is 0 Å². The molecule has 2 heterocycles. The SMILES string of the molecule is CCOC(=O)c1ccc(-n2[nH]c(C)c(Cc3nc4ccccc4[nH]c3=O)c2=O)cc1. The molecule has 2 aromatic carbocycles. The van der Waals surface area contributed by atoms with E-state index in [1.807, 2.05) is 18.2 Å². The fraction of sp³-hybridized carbons (Fsp3) is 0.182. The van der Waals surface area contributed by atoms with Gasteiger partial charge in [-0.3, -0.25) is 14.7 Å². The maximum absolute atomic E-state index is 13.0. The van der Waals surface area contributed by atoms with E-state index in [-0.39, 0.29) is 23.2 Å². The number of nitrogens with zero attached hydrogens (tertiary/aromatic N) is 2. The van der Waals surface area contributed by atoms with Gasteiger partial charge in [0.05, 0.1) is 28.9 Å². The van der Waals surface area contributed by atoms with E-state index in [2.05, 4.69) is 15.1 Å². The van der Waals surface area contributed by atoms with Gasteiger partial charge in [0.1, 0.15) is 5.69 Å². The van der Waals surface area contributed by atoms with Crippen molar-refractivity contribution in [2.24, 2.45) is 0 Å². The third kappa shape index (κ3) is 3.55. The van der Waals surface area contributed by atoms with Gasteiger partial charge in [-0.1, -0.05) is 12.1 Å². The molecule has 152 valence electrons. The predicted octanol–water partition coefficient (Wildman–Crippen LogP) is 2.48. The minimum Gasteiger partial charge on any atom is -0.462 e. The molecule has 0 aliphatic heterocycles. The Morgan fingerprint density at radius 3 is 2.57 bits per heavy atom. The molecule has 0 aliphatic carbocycles. The summed E-state index contributed by atoms with van der Waals surface area (Å²) in [6.07, 6.45) is 0.106. The second kappa shape index (κ2) is 7.82. The maximum atomic E-state index is 13.0.